The molecule has 0 radical (unpaired) electrons. The molecule has 1 aromatic carbocycles. The zero-order valence-corrected chi connectivity index (χ0v) is 15.1. The molecule has 0 unspecified atom stereocenters. The second kappa shape index (κ2) is 7.34. The summed E-state index contributed by atoms with van der Waals surface area (Å²) in [6, 6.07) is 3.57. The molecule has 8 heteroatoms. The fourth-order valence-electron chi connectivity index (χ4n) is 3.55. The first kappa shape index (κ1) is 17.4. The van der Waals surface area contributed by atoms with Crippen LogP contribution in [0.1, 0.15) is 28.5 Å². The van der Waals surface area contributed by atoms with Crippen molar-refractivity contribution < 1.29 is 9.59 Å². The van der Waals surface area contributed by atoms with Gasteiger partial charge in [0.05, 0.1) is 18.3 Å². The molecule has 4 N–H and O–H groups in total. The van der Waals surface area contributed by atoms with Gasteiger partial charge in [-0.15, -0.1) is 0 Å². The zero-order valence-electron chi connectivity index (χ0n) is 15.1. The van der Waals surface area contributed by atoms with Crippen molar-refractivity contribution in [3.8, 4) is 0 Å². The van der Waals surface area contributed by atoms with E-state index >= 15 is 0 Å². The van der Waals surface area contributed by atoms with Gasteiger partial charge in [0.1, 0.15) is 0 Å². The summed E-state index contributed by atoms with van der Waals surface area (Å²) in [5.41, 5.74) is 6.12. The van der Waals surface area contributed by atoms with Gasteiger partial charge in [0.15, 0.2) is 0 Å². The van der Waals surface area contributed by atoms with Crippen molar-refractivity contribution in [1.29, 1.82) is 0 Å². The quantitative estimate of drug-likeness (QED) is 0.651. The maximum Gasteiger partial charge on any atom is 0.272 e. The first-order valence-electron chi connectivity index (χ1n) is 9.04. The van der Waals surface area contributed by atoms with Crippen LogP contribution in [0.5, 0.6) is 0 Å². The van der Waals surface area contributed by atoms with E-state index in [1.807, 2.05) is 25.1 Å². The van der Waals surface area contributed by atoms with Crippen LogP contribution in [0.15, 0.2) is 23.3 Å². The fraction of sp³-hybridized carbons (Fsp3) is 0.316. The molecular formula is C19H22N6O2. The van der Waals surface area contributed by atoms with Crippen molar-refractivity contribution in [3.63, 3.8) is 0 Å². The monoisotopic (exact) mass is 366 g/mol. The van der Waals surface area contributed by atoms with Crippen LogP contribution >= 0.6 is 0 Å². The molecule has 4 rings (SSSR count). The van der Waals surface area contributed by atoms with Gasteiger partial charge in [0.25, 0.3) is 5.91 Å². The van der Waals surface area contributed by atoms with Gasteiger partial charge >= 0.3 is 0 Å². The number of piperazine rings is 1. The largest absolute Gasteiger partial charge is 0.354 e. The maximum absolute atomic E-state index is 12.4. The first-order valence-corrected chi connectivity index (χ1v) is 9.04. The third kappa shape index (κ3) is 3.49. The molecular weight excluding hydrogens is 344 g/mol. The molecule has 0 spiro atoms. The molecule has 1 saturated heterocycles. The molecule has 0 saturated carbocycles. The van der Waals surface area contributed by atoms with Crippen molar-refractivity contribution in [2.24, 2.45) is 5.10 Å². The highest BCUT2D eigenvalue weighted by molar-refractivity contribution is 6.17. The van der Waals surface area contributed by atoms with Crippen molar-refractivity contribution in [2.75, 3.05) is 38.0 Å². The molecule has 27 heavy (non-hydrogen) atoms. The van der Waals surface area contributed by atoms with Gasteiger partial charge in [0.2, 0.25) is 5.91 Å². The van der Waals surface area contributed by atoms with E-state index in [-0.39, 0.29) is 11.8 Å². The van der Waals surface area contributed by atoms with E-state index in [9.17, 15) is 9.59 Å². The number of aromatic amines is 1. The Morgan fingerprint density at radius 2 is 2.15 bits per heavy atom. The molecule has 2 aromatic rings. The Labute approximate surface area is 156 Å². The number of H-pyrrole nitrogens is 1. The lowest BCUT2D eigenvalue weighted by Gasteiger charge is -2.26. The Balaban J connectivity index is 1.65. The summed E-state index contributed by atoms with van der Waals surface area (Å²) in [6.07, 6.45) is 5.50. The van der Waals surface area contributed by atoms with E-state index < -0.39 is 0 Å². The van der Waals surface area contributed by atoms with E-state index in [2.05, 4.69) is 31.0 Å². The average molecular weight is 366 g/mol. The number of nitrogens with one attached hydrogen (secondary N) is 4. The molecule has 2 aliphatic rings. The Bertz CT molecular complexity index is 953. The van der Waals surface area contributed by atoms with Gasteiger partial charge in [0, 0.05) is 54.0 Å². The normalized spacial score (nSPS) is 17.3. The molecule has 0 bridgehead atoms. The van der Waals surface area contributed by atoms with Gasteiger partial charge in [-0.05, 0) is 25.1 Å². The van der Waals surface area contributed by atoms with Crippen LogP contribution in [0.4, 0.5) is 5.69 Å². The summed E-state index contributed by atoms with van der Waals surface area (Å²) in [6.45, 7) is 5.75. The van der Waals surface area contributed by atoms with Gasteiger partial charge < -0.3 is 15.6 Å². The maximum atomic E-state index is 12.4. The molecule has 2 amide bonds. The molecule has 0 atom stereocenters. The summed E-state index contributed by atoms with van der Waals surface area (Å²) in [5, 5.41) is 11.0. The van der Waals surface area contributed by atoms with Crippen molar-refractivity contribution >= 4 is 40.7 Å². The highest BCUT2D eigenvalue weighted by Gasteiger charge is 2.21. The average Bonchev–Trinajstić information content (AvgIpc) is 2.89. The number of benzene rings is 1. The third-order valence-corrected chi connectivity index (χ3v) is 4.77. The molecule has 140 valence electrons. The van der Waals surface area contributed by atoms with Crippen LogP contribution in [0.25, 0.3) is 17.0 Å². The fourth-order valence-corrected chi connectivity index (χ4v) is 3.55. The number of amides is 2. The number of hydrazone groups is 1. The Kier molecular flexibility index (Phi) is 4.74. The van der Waals surface area contributed by atoms with Crippen LogP contribution in [-0.2, 0) is 4.79 Å². The predicted octanol–water partition coefficient (Wildman–Crippen LogP) is 1.12. The van der Waals surface area contributed by atoms with Gasteiger partial charge in [-0.2, -0.15) is 5.10 Å². The number of hydrogen-bond donors (Lipinski definition) is 4. The second-order valence-electron chi connectivity index (χ2n) is 6.67. The number of nitrogens with zero attached hydrogens (tertiary/aromatic N) is 2. The minimum Gasteiger partial charge on any atom is -0.354 e. The lowest BCUT2D eigenvalue weighted by atomic mass is 10.0. The van der Waals surface area contributed by atoms with Crippen molar-refractivity contribution in [1.82, 2.24) is 20.6 Å². The van der Waals surface area contributed by atoms with Crippen LogP contribution in [0, 0.1) is 0 Å². The summed E-state index contributed by atoms with van der Waals surface area (Å²) < 4.78 is 0. The number of anilines is 1. The van der Waals surface area contributed by atoms with E-state index in [0.29, 0.717) is 17.8 Å². The standard InChI is InChI=1S/C19H22N6O2/c1-2-3-15-14-10-21-24-19(27)13-8-12(9-16(23-15)18(13)14)22-17(26)11-25-6-4-20-5-7-25/h2-3,8-10,20,23H,4-7,11H2,1H3,(H,22,26)(H,24,27)/b3-2+. The topological polar surface area (TPSA) is 102 Å². The van der Waals surface area contributed by atoms with Gasteiger partial charge in [-0.3, -0.25) is 14.5 Å². The molecule has 1 aromatic heterocycles. The third-order valence-electron chi connectivity index (χ3n) is 4.77. The van der Waals surface area contributed by atoms with E-state index in [1.54, 1.807) is 12.3 Å². The van der Waals surface area contributed by atoms with Crippen molar-refractivity contribution in [3.05, 3.63) is 35.0 Å². The number of aromatic nitrogens is 1. The Morgan fingerprint density at radius 3 is 2.93 bits per heavy atom. The lowest BCUT2D eigenvalue weighted by molar-refractivity contribution is -0.117. The molecule has 2 aliphatic heterocycles. The number of carbonyl (C=O) groups excluding carboxylic acids is 2. The first-order chi connectivity index (χ1) is 13.2. The van der Waals surface area contributed by atoms with Gasteiger partial charge in [-0.1, -0.05) is 6.08 Å². The van der Waals surface area contributed by atoms with Crippen LogP contribution in [-0.4, -0.2) is 60.6 Å². The minimum absolute atomic E-state index is 0.0887. The molecule has 0 aliphatic carbocycles. The lowest BCUT2D eigenvalue weighted by Crippen LogP contribution is -2.46. The minimum atomic E-state index is -0.292. The van der Waals surface area contributed by atoms with E-state index in [1.165, 1.54) is 0 Å². The van der Waals surface area contributed by atoms with Crippen LogP contribution in [0.2, 0.25) is 0 Å². The Hall–Kier alpha value is -2.97. The summed E-state index contributed by atoms with van der Waals surface area (Å²) in [5.74, 6) is -0.381. The van der Waals surface area contributed by atoms with Crippen LogP contribution in [0.3, 0.4) is 0 Å². The summed E-state index contributed by atoms with van der Waals surface area (Å²) in [7, 11) is 0. The van der Waals surface area contributed by atoms with Crippen LogP contribution < -0.4 is 16.1 Å². The van der Waals surface area contributed by atoms with E-state index in [4.69, 9.17) is 0 Å². The summed E-state index contributed by atoms with van der Waals surface area (Å²) in [4.78, 5) is 30.3. The van der Waals surface area contributed by atoms with Gasteiger partial charge in [-0.25, -0.2) is 5.43 Å². The number of hydrogen-bond acceptors (Lipinski definition) is 5. The highest BCUT2D eigenvalue weighted by Crippen LogP contribution is 2.30. The predicted molar refractivity (Wildman–Crippen MR) is 106 cm³/mol. The zero-order chi connectivity index (χ0) is 18.8. The Morgan fingerprint density at radius 1 is 1.33 bits per heavy atom. The molecule has 8 nitrogen and oxygen atoms in total. The molecule has 1 fully saturated rings. The number of carbonyl (C=O) groups is 2. The number of allylic oxidation sites excluding steroid dienone is 1. The smallest absolute Gasteiger partial charge is 0.272 e. The second-order valence-corrected chi connectivity index (χ2v) is 6.67. The summed E-state index contributed by atoms with van der Waals surface area (Å²) >= 11 is 0. The van der Waals surface area contributed by atoms with E-state index in [0.717, 1.165) is 48.3 Å². The SMILES string of the molecule is C/C=C/c1[nH]c2cc(NC(=O)CN3CCNCC3)cc3c2c1C=NNC3=O. The van der Waals surface area contributed by atoms with Crippen molar-refractivity contribution in [2.45, 2.75) is 6.92 Å². The molecule has 3 heterocycles. The number of rotatable bonds is 4. The highest BCUT2D eigenvalue weighted by atomic mass is 16.2.